The first-order valence-electron chi connectivity index (χ1n) is 9.49. The van der Waals surface area contributed by atoms with Crippen LogP contribution in [0.4, 0.5) is 16.2 Å². The number of rotatable bonds is 2. The SMILES string of the molecule is COC(=O)c1c(N)c(C#N)cn1-c1ccc2c(c1)NCCN(C(=O)OC(C)(C)C)C2. The van der Waals surface area contributed by atoms with Crippen LogP contribution in [-0.4, -0.2) is 47.3 Å². The van der Waals surface area contributed by atoms with E-state index in [2.05, 4.69) is 5.32 Å². The molecule has 0 saturated carbocycles. The van der Waals surface area contributed by atoms with Crippen LogP contribution < -0.4 is 11.1 Å². The highest BCUT2D eigenvalue weighted by molar-refractivity contribution is 5.96. The minimum absolute atomic E-state index is 0.0725. The number of aromatic nitrogens is 1. The van der Waals surface area contributed by atoms with Crippen LogP contribution in [0.5, 0.6) is 0 Å². The fraction of sp³-hybridized carbons (Fsp3) is 0.381. The van der Waals surface area contributed by atoms with Gasteiger partial charge in [0.1, 0.15) is 11.7 Å². The summed E-state index contributed by atoms with van der Waals surface area (Å²) in [6.45, 7) is 6.91. The molecule has 0 radical (unpaired) electrons. The van der Waals surface area contributed by atoms with E-state index < -0.39 is 11.6 Å². The molecule has 30 heavy (non-hydrogen) atoms. The van der Waals surface area contributed by atoms with Gasteiger partial charge in [-0.2, -0.15) is 5.26 Å². The molecule has 1 aliphatic rings. The lowest BCUT2D eigenvalue weighted by Gasteiger charge is -2.26. The summed E-state index contributed by atoms with van der Waals surface area (Å²) in [5.41, 5.74) is 8.13. The smallest absolute Gasteiger partial charge is 0.410 e. The topological polar surface area (TPSA) is 123 Å². The summed E-state index contributed by atoms with van der Waals surface area (Å²) in [4.78, 5) is 26.3. The zero-order chi connectivity index (χ0) is 22.1. The van der Waals surface area contributed by atoms with Crippen molar-refractivity contribution in [2.75, 3.05) is 31.2 Å². The Labute approximate surface area is 175 Å². The van der Waals surface area contributed by atoms with E-state index in [9.17, 15) is 14.9 Å². The second-order valence-electron chi connectivity index (χ2n) is 7.95. The maximum absolute atomic E-state index is 12.5. The van der Waals surface area contributed by atoms with Crippen molar-refractivity contribution in [2.45, 2.75) is 32.9 Å². The van der Waals surface area contributed by atoms with Crippen molar-refractivity contribution in [3.8, 4) is 11.8 Å². The number of carbonyl (C=O) groups excluding carboxylic acids is 2. The Balaban J connectivity index is 1.95. The zero-order valence-corrected chi connectivity index (χ0v) is 17.5. The number of hydrogen-bond donors (Lipinski definition) is 2. The van der Waals surface area contributed by atoms with E-state index in [1.54, 1.807) is 11.0 Å². The maximum atomic E-state index is 12.5. The minimum Gasteiger partial charge on any atom is -0.464 e. The molecule has 0 fully saturated rings. The number of benzene rings is 1. The fourth-order valence-corrected chi connectivity index (χ4v) is 3.23. The number of esters is 1. The van der Waals surface area contributed by atoms with Crippen molar-refractivity contribution in [1.29, 1.82) is 5.26 Å². The standard InChI is InChI=1S/C21H25N5O4/c1-21(2,3)30-20(28)25-8-7-24-16-9-15(6-5-13(16)11-25)26-12-14(10-22)17(23)18(26)19(27)29-4/h5-6,9,12,24H,7-8,11,23H2,1-4H3. The highest BCUT2D eigenvalue weighted by atomic mass is 16.6. The van der Waals surface area contributed by atoms with E-state index >= 15 is 0 Å². The number of ether oxygens (including phenoxy) is 2. The first kappa shape index (κ1) is 21.0. The molecule has 0 aliphatic carbocycles. The number of anilines is 2. The number of nitrogens with zero attached hydrogens (tertiary/aromatic N) is 3. The van der Waals surface area contributed by atoms with Crippen molar-refractivity contribution in [2.24, 2.45) is 0 Å². The van der Waals surface area contributed by atoms with Crippen LogP contribution in [0, 0.1) is 11.3 Å². The first-order chi connectivity index (χ1) is 14.1. The lowest BCUT2D eigenvalue weighted by Crippen LogP contribution is -2.37. The zero-order valence-electron chi connectivity index (χ0n) is 17.5. The molecule has 158 valence electrons. The lowest BCUT2D eigenvalue weighted by molar-refractivity contribution is 0.0245. The van der Waals surface area contributed by atoms with Gasteiger partial charge in [0.05, 0.1) is 24.9 Å². The molecule has 3 N–H and O–H groups in total. The van der Waals surface area contributed by atoms with Crippen molar-refractivity contribution in [1.82, 2.24) is 9.47 Å². The fourth-order valence-electron chi connectivity index (χ4n) is 3.23. The second kappa shape index (κ2) is 7.99. The van der Waals surface area contributed by atoms with Crippen LogP contribution in [0.15, 0.2) is 24.4 Å². The molecule has 9 nitrogen and oxygen atoms in total. The third kappa shape index (κ3) is 4.17. The van der Waals surface area contributed by atoms with Crippen LogP contribution in [0.25, 0.3) is 5.69 Å². The average molecular weight is 411 g/mol. The van der Waals surface area contributed by atoms with Gasteiger partial charge in [0.25, 0.3) is 0 Å². The molecule has 2 aromatic rings. The number of amides is 1. The highest BCUT2D eigenvalue weighted by Gasteiger charge is 2.26. The molecule has 9 heteroatoms. The summed E-state index contributed by atoms with van der Waals surface area (Å²) >= 11 is 0. The molecule has 0 bridgehead atoms. The normalized spacial score (nSPS) is 13.5. The first-order valence-corrected chi connectivity index (χ1v) is 9.49. The van der Waals surface area contributed by atoms with Gasteiger partial charge in [-0.15, -0.1) is 0 Å². The van der Waals surface area contributed by atoms with Crippen molar-refractivity contribution in [3.63, 3.8) is 0 Å². The Bertz CT molecular complexity index is 1030. The number of nitriles is 1. The van der Waals surface area contributed by atoms with Crippen molar-refractivity contribution in [3.05, 3.63) is 41.2 Å². The second-order valence-corrected chi connectivity index (χ2v) is 7.95. The van der Waals surface area contributed by atoms with E-state index in [-0.39, 0.29) is 23.0 Å². The van der Waals surface area contributed by atoms with Crippen LogP contribution in [-0.2, 0) is 16.0 Å². The molecule has 3 rings (SSSR count). The molecular formula is C21H25N5O4. The summed E-state index contributed by atoms with van der Waals surface area (Å²) in [6, 6.07) is 7.50. The van der Waals surface area contributed by atoms with Gasteiger partial charge < -0.3 is 30.0 Å². The van der Waals surface area contributed by atoms with E-state index in [1.807, 2.05) is 39.0 Å². The predicted octanol–water partition coefficient (Wildman–Crippen LogP) is 2.88. The van der Waals surface area contributed by atoms with Gasteiger partial charge in [0.2, 0.25) is 0 Å². The van der Waals surface area contributed by atoms with Crippen LogP contribution in [0.2, 0.25) is 0 Å². The quantitative estimate of drug-likeness (QED) is 0.729. The van der Waals surface area contributed by atoms with Gasteiger partial charge in [-0.3, -0.25) is 0 Å². The largest absolute Gasteiger partial charge is 0.464 e. The molecular weight excluding hydrogens is 386 g/mol. The number of nitrogens with one attached hydrogen (secondary N) is 1. The Morgan fingerprint density at radius 3 is 2.67 bits per heavy atom. The van der Waals surface area contributed by atoms with E-state index in [0.29, 0.717) is 25.3 Å². The molecule has 0 spiro atoms. The number of nitrogens with two attached hydrogens (primary N) is 1. The monoisotopic (exact) mass is 411 g/mol. The number of carbonyl (C=O) groups is 2. The average Bonchev–Trinajstić information content (AvgIpc) is 2.87. The number of methoxy groups -OCH3 is 1. The molecule has 1 aromatic carbocycles. The maximum Gasteiger partial charge on any atom is 0.410 e. The molecule has 0 unspecified atom stereocenters. The summed E-state index contributed by atoms with van der Waals surface area (Å²) in [5, 5.41) is 12.6. The molecule has 0 atom stereocenters. The van der Waals surface area contributed by atoms with Crippen LogP contribution in [0.3, 0.4) is 0 Å². The van der Waals surface area contributed by atoms with Gasteiger partial charge in [0.15, 0.2) is 5.69 Å². The Morgan fingerprint density at radius 2 is 2.03 bits per heavy atom. The molecule has 1 amide bonds. The van der Waals surface area contributed by atoms with Gasteiger partial charge in [-0.25, -0.2) is 9.59 Å². The molecule has 0 saturated heterocycles. The molecule has 1 aliphatic heterocycles. The Morgan fingerprint density at radius 1 is 1.30 bits per heavy atom. The van der Waals surface area contributed by atoms with Gasteiger partial charge >= 0.3 is 12.1 Å². The summed E-state index contributed by atoms with van der Waals surface area (Å²) in [6.07, 6.45) is 1.14. The molecule has 1 aromatic heterocycles. The summed E-state index contributed by atoms with van der Waals surface area (Å²) in [5.74, 6) is -0.631. The van der Waals surface area contributed by atoms with Gasteiger partial charge in [-0.1, -0.05) is 6.07 Å². The van der Waals surface area contributed by atoms with Gasteiger partial charge in [0, 0.05) is 30.7 Å². The van der Waals surface area contributed by atoms with Crippen LogP contribution in [0.1, 0.15) is 42.4 Å². The third-order valence-electron chi connectivity index (χ3n) is 4.63. The van der Waals surface area contributed by atoms with Crippen LogP contribution >= 0.6 is 0 Å². The Hall–Kier alpha value is -3.67. The number of hydrogen-bond acceptors (Lipinski definition) is 7. The third-order valence-corrected chi connectivity index (χ3v) is 4.63. The van der Waals surface area contributed by atoms with Crippen molar-refractivity contribution < 1.29 is 19.1 Å². The summed E-state index contributed by atoms with van der Waals surface area (Å²) in [7, 11) is 1.26. The van der Waals surface area contributed by atoms with Gasteiger partial charge in [-0.05, 0) is 38.5 Å². The lowest BCUT2D eigenvalue weighted by atomic mass is 10.1. The number of fused-ring (bicyclic) bond motifs is 1. The minimum atomic E-state index is -0.631. The van der Waals surface area contributed by atoms with E-state index in [4.69, 9.17) is 15.2 Å². The van der Waals surface area contributed by atoms with Crippen molar-refractivity contribution >= 4 is 23.4 Å². The highest BCUT2D eigenvalue weighted by Crippen LogP contribution is 2.29. The molecule has 2 heterocycles. The van der Waals surface area contributed by atoms with E-state index in [0.717, 1.165) is 11.3 Å². The predicted molar refractivity (Wildman–Crippen MR) is 111 cm³/mol. The summed E-state index contributed by atoms with van der Waals surface area (Å²) < 4.78 is 11.8. The number of nitrogen functional groups attached to an aromatic ring is 1. The van der Waals surface area contributed by atoms with E-state index in [1.165, 1.54) is 17.9 Å². The Kier molecular flexibility index (Phi) is 5.60.